The van der Waals surface area contributed by atoms with Gasteiger partial charge < -0.3 is 14.8 Å². The minimum atomic E-state index is -0.556. The van der Waals surface area contributed by atoms with Crippen molar-refractivity contribution in [2.24, 2.45) is 0 Å². The molecule has 1 aromatic carbocycles. The van der Waals surface area contributed by atoms with Crippen LogP contribution in [0.25, 0.3) is 16.3 Å². The van der Waals surface area contributed by atoms with E-state index < -0.39 is 5.97 Å². The number of nitrogens with one attached hydrogen (secondary N) is 1. The number of nitrogens with zero attached hydrogens (tertiary/aromatic N) is 2. The number of ether oxygens (including phenoxy) is 2. The Kier molecular flexibility index (Phi) is 7.69. The summed E-state index contributed by atoms with van der Waals surface area (Å²) in [6.45, 7) is 0.543. The van der Waals surface area contributed by atoms with Gasteiger partial charge in [0.05, 0.1) is 32.1 Å². The van der Waals surface area contributed by atoms with Crippen molar-refractivity contribution in [1.82, 2.24) is 9.88 Å². The fraction of sp³-hybridized carbons (Fsp3) is 0.217. The van der Waals surface area contributed by atoms with Crippen molar-refractivity contribution in [2.75, 3.05) is 33.1 Å². The maximum atomic E-state index is 12.5. The minimum absolute atomic E-state index is 0.128. The molecule has 2 aromatic heterocycles. The molecule has 3 aromatic rings. The molecule has 1 N–H and O–H groups in total. The summed E-state index contributed by atoms with van der Waals surface area (Å²) < 4.78 is 9.56. The summed E-state index contributed by atoms with van der Waals surface area (Å²) in [4.78, 5) is 43.5. The van der Waals surface area contributed by atoms with Crippen LogP contribution in [0.5, 0.6) is 0 Å². The second-order valence-corrected chi connectivity index (χ2v) is 7.93. The van der Waals surface area contributed by atoms with Gasteiger partial charge in [-0.1, -0.05) is 30.3 Å². The number of aromatic nitrogens is 1. The smallest absolute Gasteiger partial charge is 0.350 e. The number of esters is 2. The van der Waals surface area contributed by atoms with Crippen LogP contribution >= 0.6 is 11.3 Å². The number of amides is 1. The van der Waals surface area contributed by atoms with Gasteiger partial charge in [-0.15, -0.1) is 11.3 Å². The van der Waals surface area contributed by atoms with Crippen LogP contribution in [0.4, 0.5) is 5.69 Å². The van der Waals surface area contributed by atoms with Gasteiger partial charge >= 0.3 is 11.9 Å². The average molecular weight is 454 g/mol. The van der Waals surface area contributed by atoms with Crippen molar-refractivity contribution in [3.05, 3.63) is 64.7 Å². The lowest BCUT2D eigenvalue weighted by Crippen LogP contribution is -2.26. The number of anilines is 1. The maximum absolute atomic E-state index is 12.5. The first-order valence-electron chi connectivity index (χ1n) is 9.71. The third-order valence-corrected chi connectivity index (χ3v) is 5.60. The Hall–Kier alpha value is -3.56. The Morgan fingerprint density at radius 3 is 2.53 bits per heavy atom. The van der Waals surface area contributed by atoms with Crippen molar-refractivity contribution in [1.29, 1.82) is 0 Å². The molecule has 8 nitrogen and oxygen atoms in total. The molecule has 0 fully saturated rings. The predicted octanol–water partition coefficient (Wildman–Crippen LogP) is 3.34. The van der Waals surface area contributed by atoms with Gasteiger partial charge in [0, 0.05) is 18.0 Å². The second-order valence-electron chi connectivity index (χ2n) is 6.93. The first kappa shape index (κ1) is 23.1. The van der Waals surface area contributed by atoms with Crippen LogP contribution in [0.3, 0.4) is 0 Å². The highest BCUT2D eigenvalue weighted by Gasteiger charge is 2.21. The number of benzene rings is 1. The van der Waals surface area contributed by atoms with Crippen LogP contribution in [0, 0.1) is 0 Å². The zero-order valence-electron chi connectivity index (χ0n) is 18.0. The van der Waals surface area contributed by atoms with Crippen LogP contribution in [-0.2, 0) is 25.6 Å². The molecule has 0 saturated heterocycles. The molecular weight excluding hydrogens is 430 g/mol. The van der Waals surface area contributed by atoms with Gasteiger partial charge in [-0.3, -0.25) is 14.5 Å². The normalized spacial score (nSPS) is 11.1. The Bertz CT molecular complexity index is 1160. The number of hydrogen-bond donors (Lipinski definition) is 1. The molecule has 0 saturated carbocycles. The zero-order chi connectivity index (χ0) is 23.1. The lowest BCUT2D eigenvalue weighted by molar-refractivity contribution is -0.141. The number of likely N-dealkylation sites (N-methyl/N-ethyl adjacent to an activating group) is 1. The molecular formula is C23H23N3O5S. The van der Waals surface area contributed by atoms with E-state index in [1.165, 1.54) is 20.3 Å². The third kappa shape index (κ3) is 5.77. The minimum Gasteiger partial charge on any atom is -0.468 e. The van der Waals surface area contributed by atoms with Crippen LogP contribution in [0.2, 0.25) is 0 Å². The van der Waals surface area contributed by atoms with Gasteiger partial charge in [0.25, 0.3) is 0 Å². The summed E-state index contributed by atoms with van der Waals surface area (Å²) >= 11 is 1.14. The molecule has 3 rings (SSSR count). The summed E-state index contributed by atoms with van der Waals surface area (Å²) in [5.74, 6) is -1.27. The van der Waals surface area contributed by atoms with E-state index in [1.807, 2.05) is 30.3 Å². The lowest BCUT2D eigenvalue weighted by atomic mass is 10.2. The molecule has 0 atom stereocenters. The fourth-order valence-electron chi connectivity index (χ4n) is 2.98. The predicted molar refractivity (Wildman–Crippen MR) is 123 cm³/mol. The van der Waals surface area contributed by atoms with E-state index in [1.54, 1.807) is 30.2 Å². The van der Waals surface area contributed by atoms with Gasteiger partial charge in [-0.2, -0.15) is 0 Å². The van der Waals surface area contributed by atoms with Crippen LogP contribution in [0.15, 0.2) is 48.5 Å². The molecule has 2 heterocycles. The van der Waals surface area contributed by atoms with Crippen molar-refractivity contribution in [3.63, 3.8) is 0 Å². The molecule has 0 aliphatic carbocycles. The van der Waals surface area contributed by atoms with Gasteiger partial charge in [0.15, 0.2) is 0 Å². The van der Waals surface area contributed by atoms with E-state index in [4.69, 9.17) is 4.74 Å². The molecule has 1 amide bonds. The monoisotopic (exact) mass is 453 g/mol. The van der Waals surface area contributed by atoms with Crippen molar-refractivity contribution < 1.29 is 23.9 Å². The number of carbonyl (C=O) groups excluding carboxylic acids is 3. The lowest BCUT2D eigenvalue weighted by Gasteiger charge is -2.14. The largest absolute Gasteiger partial charge is 0.468 e. The number of thiophene rings is 1. The molecule has 0 aliphatic rings. The van der Waals surface area contributed by atoms with Crippen LogP contribution in [-0.4, -0.2) is 55.5 Å². The number of hydrogen-bond acceptors (Lipinski definition) is 8. The van der Waals surface area contributed by atoms with E-state index in [2.05, 4.69) is 15.0 Å². The number of methoxy groups -OCH3 is 2. The Morgan fingerprint density at radius 1 is 1.09 bits per heavy atom. The topological polar surface area (TPSA) is 97.8 Å². The summed E-state index contributed by atoms with van der Waals surface area (Å²) in [5.41, 5.74) is 1.96. The van der Waals surface area contributed by atoms with E-state index >= 15 is 0 Å². The van der Waals surface area contributed by atoms with Crippen molar-refractivity contribution >= 4 is 51.2 Å². The van der Waals surface area contributed by atoms with Gasteiger partial charge in [0.2, 0.25) is 5.91 Å². The number of carbonyl (C=O) groups is 3. The number of pyridine rings is 1. The molecule has 0 bridgehead atoms. The first-order valence-corrected chi connectivity index (χ1v) is 10.5. The van der Waals surface area contributed by atoms with E-state index in [-0.39, 0.29) is 23.3 Å². The highest BCUT2D eigenvalue weighted by atomic mass is 32.1. The van der Waals surface area contributed by atoms with Crippen LogP contribution in [0.1, 0.15) is 20.9 Å². The summed E-state index contributed by atoms with van der Waals surface area (Å²) in [5, 5.41) is 3.42. The second kappa shape index (κ2) is 10.7. The van der Waals surface area contributed by atoms with Crippen molar-refractivity contribution in [2.45, 2.75) is 6.54 Å². The van der Waals surface area contributed by atoms with E-state index in [0.717, 1.165) is 16.9 Å². The number of fused-ring (bicyclic) bond motifs is 1. The SMILES string of the molecule is COC(=O)CN(C)Cc1ccc2c(NC(=O)/C=C/c3ccccc3)c(C(=O)OC)sc2n1. The zero-order valence-corrected chi connectivity index (χ0v) is 18.8. The summed E-state index contributed by atoms with van der Waals surface area (Å²) in [6.07, 6.45) is 3.10. The Balaban J connectivity index is 1.85. The maximum Gasteiger partial charge on any atom is 0.350 e. The Morgan fingerprint density at radius 2 is 1.84 bits per heavy atom. The molecule has 0 spiro atoms. The number of rotatable bonds is 8. The Labute approximate surface area is 189 Å². The summed E-state index contributed by atoms with van der Waals surface area (Å²) in [6, 6.07) is 13.0. The average Bonchev–Trinajstić information content (AvgIpc) is 3.15. The molecule has 0 radical (unpaired) electrons. The third-order valence-electron chi connectivity index (χ3n) is 4.52. The van der Waals surface area contributed by atoms with Gasteiger partial charge in [-0.05, 0) is 30.8 Å². The van der Waals surface area contributed by atoms with E-state index in [0.29, 0.717) is 28.1 Å². The molecule has 32 heavy (non-hydrogen) atoms. The highest BCUT2D eigenvalue weighted by Crippen LogP contribution is 2.35. The fourth-order valence-corrected chi connectivity index (χ4v) is 4.05. The molecule has 0 unspecified atom stereocenters. The molecule has 9 heteroatoms. The van der Waals surface area contributed by atoms with E-state index in [9.17, 15) is 14.4 Å². The first-order chi connectivity index (χ1) is 15.4. The quantitative estimate of drug-likeness (QED) is 0.413. The van der Waals surface area contributed by atoms with Gasteiger partial charge in [0.1, 0.15) is 9.71 Å². The van der Waals surface area contributed by atoms with Gasteiger partial charge in [-0.25, -0.2) is 9.78 Å². The standard InChI is InChI=1S/C23H23N3O5S/c1-26(14-19(28)30-2)13-16-10-11-17-20(21(23(29)31-3)32-22(17)24-16)25-18(27)12-9-15-7-5-4-6-8-15/h4-12H,13-14H2,1-3H3,(H,25,27)/b12-9+. The summed E-state index contributed by atoms with van der Waals surface area (Å²) in [7, 11) is 4.40. The molecule has 166 valence electrons. The van der Waals surface area contributed by atoms with Crippen LogP contribution < -0.4 is 5.32 Å². The highest BCUT2D eigenvalue weighted by molar-refractivity contribution is 7.21. The molecule has 0 aliphatic heterocycles. The van der Waals surface area contributed by atoms with Crippen molar-refractivity contribution in [3.8, 4) is 0 Å².